The Morgan fingerprint density at radius 2 is 1.85 bits per heavy atom. The minimum absolute atomic E-state index is 0.270. The molecule has 0 saturated carbocycles. The van der Waals surface area contributed by atoms with Gasteiger partial charge in [0.1, 0.15) is 5.75 Å². The molecular formula is C13H11ClF3NOS. The first-order valence-corrected chi connectivity index (χ1v) is 6.83. The normalized spacial score (nSPS) is 13.3. The Labute approximate surface area is 122 Å². The van der Waals surface area contributed by atoms with Crippen molar-refractivity contribution in [1.82, 2.24) is 0 Å². The molecule has 2 nitrogen and oxygen atoms in total. The Morgan fingerprint density at radius 1 is 1.25 bits per heavy atom. The molecule has 1 aromatic carbocycles. The number of nitrogens with two attached hydrogens (primary N) is 1. The molecule has 108 valence electrons. The standard InChI is InChI=1S/C13H11ClF3NOS/c1-7-6-10(20-12(7)14)11(18)8-2-4-9(5-3-8)19-13(15,16)17/h2-6,11H,18H2,1H3. The fraction of sp³-hybridized carbons (Fsp3) is 0.231. The van der Waals surface area contributed by atoms with Crippen molar-refractivity contribution in [2.45, 2.75) is 19.3 Å². The van der Waals surface area contributed by atoms with Crippen LogP contribution in [0.3, 0.4) is 0 Å². The topological polar surface area (TPSA) is 35.2 Å². The number of ether oxygens (including phenoxy) is 1. The lowest BCUT2D eigenvalue weighted by Crippen LogP contribution is -2.17. The molecule has 1 heterocycles. The van der Waals surface area contributed by atoms with Gasteiger partial charge in [0.15, 0.2) is 0 Å². The molecule has 1 aromatic heterocycles. The summed E-state index contributed by atoms with van der Waals surface area (Å²) in [5, 5.41) is 0. The molecule has 0 bridgehead atoms. The van der Waals surface area contributed by atoms with Crippen LogP contribution in [0.5, 0.6) is 5.75 Å². The van der Waals surface area contributed by atoms with E-state index < -0.39 is 12.4 Å². The largest absolute Gasteiger partial charge is 0.573 e. The summed E-state index contributed by atoms with van der Waals surface area (Å²) < 4.78 is 40.6. The summed E-state index contributed by atoms with van der Waals surface area (Å²) >= 11 is 7.34. The lowest BCUT2D eigenvalue weighted by atomic mass is 10.1. The molecule has 0 saturated heterocycles. The zero-order valence-corrected chi connectivity index (χ0v) is 11.9. The van der Waals surface area contributed by atoms with Gasteiger partial charge in [0, 0.05) is 4.88 Å². The minimum atomic E-state index is -4.69. The predicted octanol–water partition coefficient (Wildman–Crippen LogP) is 4.66. The van der Waals surface area contributed by atoms with Gasteiger partial charge >= 0.3 is 6.36 Å². The zero-order chi connectivity index (χ0) is 14.9. The van der Waals surface area contributed by atoms with E-state index in [9.17, 15) is 13.2 Å². The monoisotopic (exact) mass is 321 g/mol. The summed E-state index contributed by atoms with van der Waals surface area (Å²) in [6.45, 7) is 1.87. The molecule has 2 aromatic rings. The Balaban J connectivity index is 2.17. The number of benzene rings is 1. The third-order valence-corrected chi connectivity index (χ3v) is 4.29. The third kappa shape index (κ3) is 3.65. The van der Waals surface area contributed by atoms with Gasteiger partial charge in [-0.05, 0) is 36.2 Å². The summed E-state index contributed by atoms with van der Waals surface area (Å²) in [6.07, 6.45) is -4.69. The Hall–Kier alpha value is -1.24. The number of halogens is 4. The quantitative estimate of drug-likeness (QED) is 0.892. The first kappa shape index (κ1) is 15.2. The van der Waals surface area contributed by atoms with E-state index in [1.165, 1.54) is 35.6 Å². The molecule has 0 aliphatic heterocycles. The lowest BCUT2D eigenvalue weighted by molar-refractivity contribution is -0.274. The van der Waals surface area contributed by atoms with Crippen LogP contribution in [0.1, 0.15) is 22.0 Å². The van der Waals surface area contributed by atoms with E-state index in [0.717, 1.165) is 10.4 Å². The van der Waals surface area contributed by atoms with E-state index in [-0.39, 0.29) is 5.75 Å². The summed E-state index contributed by atoms with van der Waals surface area (Å²) in [4.78, 5) is 0.858. The number of hydrogen-bond acceptors (Lipinski definition) is 3. The maximum Gasteiger partial charge on any atom is 0.573 e. The summed E-state index contributed by atoms with van der Waals surface area (Å²) in [5.41, 5.74) is 7.69. The van der Waals surface area contributed by atoms with Gasteiger partial charge in [0.2, 0.25) is 0 Å². The van der Waals surface area contributed by atoms with Crippen LogP contribution in [-0.2, 0) is 0 Å². The Morgan fingerprint density at radius 3 is 2.30 bits per heavy atom. The van der Waals surface area contributed by atoms with Crippen LogP contribution in [0.4, 0.5) is 13.2 Å². The highest BCUT2D eigenvalue weighted by atomic mass is 35.5. The molecule has 0 spiro atoms. The molecule has 0 amide bonds. The molecule has 0 aliphatic rings. The van der Waals surface area contributed by atoms with Crippen LogP contribution in [-0.4, -0.2) is 6.36 Å². The van der Waals surface area contributed by atoms with Gasteiger partial charge in [-0.1, -0.05) is 23.7 Å². The second-order valence-corrected chi connectivity index (χ2v) is 5.89. The van der Waals surface area contributed by atoms with Gasteiger partial charge in [-0.15, -0.1) is 24.5 Å². The van der Waals surface area contributed by atoms with Crippen molar-refractivity contribution < 1.29 is 17.9 Å². The van der Waals surface area contributed by atoms with Crippen molar-refractivity contribution >= 4 is 22.9 Å². The molecular weight excluding hydrogens is 311 g/mol. The molecule has 1 unspecified atom stereocenters. The molecule has 2 N–H and O–H groups in total. The van der Waals surface area contributed by atoms with Crippen molar-refractivity contribution in [2.24, 2.45) is 5.73 Å². The van der Waals surface area contributed by atoms with Gasteiger partial charge in [0.05, 0.1) is 10.4 Å². The van der Waals surface area contributed by atoms with E-state index in [0.29, 0.717) is 9.90 Å². The smallest absolute Gasteiger partial charge is 0.406 e. The van der Waals surface area contributed by atoms with Crippen LogP contribution in [0, 0.1) is 6.92 Å². The Kier molecular flexibility index (Phi) is 4.27. The number of aryl methyl sites for hydroxylation is 1. The second-order valence-electron chi connectivity index (χ2n) is 4.20. The van der Waals surface area contributed by atoms with Gasteiger partial charge < -0.3 is 10.5 Å². The molecule has 0 radical (unpaired) electrons. The fourth-order valence-electron chi connectivity index (χ4n) is 1.68. The molecule has 1 atom stereocenters. The summed E-state index contributed by atoms with van der Waals surface area (Å²) in [7, 11) is 0. The Bertz CT molecular complexity index is 575. The highest BCUT2D eigenvalue weighted by Gasteiger charge is 2.31. The van der Waals surface area contributed by atoms with Gasteiger partial charge in [-0.25, -0.2) is 0 Å². The van der Waals surface area contributed by atoms with Crippen molar-refractivity contribution in [3.63, 3.8) is 0 Å². The van der Waals surface area contributed by atoms with Crippen molar-refractivity contribution in [3.05, 3.63) is 50.7 Å². The van der Waals surface area contributed by atoms with E-state index >= 15 is 0 Å². The van der Waals surface area contributed by atoms with Crippen molar-refractivity contribution in [3.8, 4) is 5.75 Å². The molecule has 7 heteroatoms. The second kappa shape index (κ2) is 5.63. The average Bonchev–Trinajstić information content (AvgIpc) is 2.68. The first-order chi connectivity index (χ1) is 9.26. The number of alkyl halides is 3. The van der Waals surface area contributed by atoms with Gasteiger partial charge in [-0.2, -0.15) is 0 Å². The zero-order valence-electron chi connectivity index (χ0n) is 10.4. The highest BCUT2D eigenvalue weighted by molar-refractivity contribution is 7.16. The van der Waals surface area contributed by atoms with Gasteiger partial charge in [-0.3, -0.25) is 0 Å². The van der Waals surface area contributed by atoms with Crippen LogP contribution in [0.2, 0.25) is 4.34 Å². The SMILES string of the molecule is Cc1cc(C(N)c2ccc(OC(F)(F)F)cc2)sc1Cl. The molecule has 0 aliphatic carbocycles. The molecule has 20 heavy (non-hydrogen) atoms. The fourth-order valence-corrected chi connectivity index (χ4v) is 2.93. The maximum atomic E-state index is 12.1. The van der Waals surface area contributed by atoms with E-state index in [4.69, 9.17) is 17.3 Å². The van der Waals surface area contributed by atoms with Gasteiger partial charge in [0.25, 0.3) is 0 Å². The van der Waals surface area contributed by atoms with E-state index in [2.05, 4.69) is 4.74 Å². The predicted molar refractivity (Wildman–Crippen MR) is 73.2 cm³/mol. The number of hydrogen-bond donors (Lipinski definition) is 1. The number of thiophene rings is 1. The van der Waals surface area contributed by atoms with E-state index in [1.54, 1.807) is 0 Å². The summed E-state index contributed by atoms with van der Waals surface area (Å²) in [5.74, 6) is -0.270. The lowest BCUT2D eigenvalue weighted by Gasteiger charge is -2.12. The summed E-state index contributed by atoms with van der Waals surface area (Å²) in [6, 6.07) is 6.95. The highest BCUT2D eigenvalue weighted by Crippen LogP contribution is 2.33. The van der Waals surface area contributed by atoms with E-state index in [1.807, 2.05) is 13.0 Å². The third-order valence-electron chi connectivity index (χ3n) is 2.66. The van der Waals surface area contributed by atoms with Crippen molar-refractivity contribution in [1.29, 1.82) is 0 Å². The van der Waals surface area contributed by atoms with Crippen LogP contribution in [0.25, 0.3) is 0 Å². The molecule has 2 rings (SSSR count). The first-order valence-electron chi connectivity index (χ1n) is 5.63. The van der Waals surface area contributed by atoms with Crippen LogP contribution >= 0.6 is 22.9 Å². The average molecular weight is 322 g/mol. The maximum absolute atomic E-state index is 12.1. The molecule has 0 fully saturated rings. The van der Waals surface area contributed by atoms with Crippen molar-refractivity contribution in [2.75, 3.05) is 0 Å². The van der Waals surface area contributed by atoms with Crippen LogP contribution < -0.4 is 10.5 Å². The number of rotatable bonds is 3. The minimum Gasteiger partial charge on any atom is -0.406 e. The van der Waals surface area contributed by atoms with Crippen LogP contribution in [0.15, 0.2) is 30.3 Å².